The van der Waals surface area contributed by atoms with Crippen LogP contribution in [0.3, 0.4) is 0 Å². The minimum Gasteiger partial charge on any atom is -0.469 e. The summed E-state index contributed by atoms with van der Waals surface area (Å²) in [5, 5.41) is 3.30. The maximum absolute atomic E-state index is 11.3. The molecule has 2 heterocycles. The van der Waals surface area contributed by atoms with Crippen molar-refractivity contribution in [2.45, 2.75) is 19.4 Å². The molecule has 104 valence electrons. The second-order valence-corrected chi connectivity index (χ2v) is 4.76. The predicted octanol–water partition coefficient (Wildman–Crippen LogP) is 2.32. The third-order valence-electron chi connectivity index (χ3n) is 3.57. The van der Waals surface area contributed by atoms with E-state index in [2.05, 4.69) is 22.2 Å². The molecule has 0 radical (unpaired) electrons. The summed E-state index contributed by atoms with van der Waals surface area (Å²) in [5.74, 6) is 0.979. The summed E-state index contributed by atoms with van der Waals surface area (Å²) in [6.45, 7) is 2.07. The Morgan fingerprint density at radius 2 is 2.05 bits per heavy atom. The number of hydrogen-bond acceptors (Lipinski definition) is 3. The minimum atomic E-state index is -0.185. The second-order valence-electron chi connectivity index (χ2n) is 4.76. The van der Waals surface area contributed by atoms with Gasteiger partial charge in [0.1, 0.15) is 5.76 Å². The molecule has 1 atom stereocenters. The fourth-order valence-electron chi connectivity index (χ4n) is 2.63. The summed E-state index contributed by atoms with van der Waals surface area (Å²) < 4.78 is 5.51. The lowest BCUT2D eigenvalue weighted by atomic mass is 9.98. The van der Waals surface area contributed by atoms with E-state index in [-0.39, 0.29) is 11.7 Å². The number of hydrogen-bond donors (Lipinski definition) is 3. The first-order valence-corrected chi connectivity index (χ1v) is 6.68. The average Bonchev–Trinajstić information content (AvgIpc) is 3.04. The molecule has 0 spiro atoms. The smallest absolute Gasteiger partial charge is 0.323 e. The van der Waals surface area contributed by atoms with Crippen molar-refractivity contribution in [2.75, 3.05) is 7.05 Å². The van der Waals surface area contributed by atoms with E-state index in [0.29, 0.717) is 0 Å². The maximum Gasteiger partial charge on any atom is 0.323 e. The van der Waals surface area contributed by atoms with E-state index in [1.54, 1.807) is 6.26 Å². The molecule has 0 saturated heterocycles. The summed E-state index contributed by atoms with van der Waals surface area (Å²) >= 11 is 0. The van der Waals surface area contributed by atoms with Gasteiger partial charge in [0.25, 0.3) is 0 Å². The highest BCUT2D eigenvalue weighted by Crippen LogP contribution is 2.27. The summed E-state index contributed by atoms with van der Waals surface area (Å²) in [7, 11) is 1.92. The van der Waals surface area contributed by atoms with E-state index in [4.69, 9.17) is 4.42 Å². The van der Waals surface area contributed by atoms with Crippen LogP contribution >= 0.6 is 0 Å². The van der Waals surface area contributed by atoms with Gasteiger partial charge in [-0.05, 0) is 30.8 Å². The van der Waals surface area contributed by atoms with Gasteiger partial charge in [-0.2, -0.15) is 0 Å². The van der Waals surface area contributed by atoms with Crippen LogP contribution in [-0.4, -0.2) is 17.0 Å². The summed E-state index contributed by atoms with van der Waals surface area (Å²) in [6.07, 6.45) is 2.57. The summed E-state index contributed by atoms with van der Waals surface area (Å²) in [4.78, 5) is 16.9. The Hall–Kier alpha value is -2.27. The Balaban J connectivity index is 2.08. The lowest BCUT2D eigenvalue weighted by molar-refractivity contribution is 0.505. The molecule has 2 aromatic heterocycles. The van der Waals surface area contributed by atoms with Gasteiger partial charge in [-0.25, -0.2) is 4.79 Å². The number of fused-ring (bicyclic) bond motifs is 1. The highest BCUT2D eigenvalue weighted by Gasteiger charge is 2.18. The highest BCUT2D eigenvalue weighted by atomic mass is 16.3. The van der Waals surface area contributed by atoms with Crippen LogP contribution < -0.4 is 11.0 Å². The first kappa shape index (κ1) is 12.7. The number of imidazole rings is 1. The van der Waals surface area contributed by atoms with Crippen LogP contribution in [-0.2, 0) is 6.42 Å². The van der Waals surface area contributed by atoms with Gasteiger partial charge in [0.15, 0.2) is 0 Å². The molecule has 3 rings (SSSR count). The van der Waals surface area contributed by atoms with Crippen LogP contribution in [0, 0.1) is 0 Å². The van der Waals surface area contributed by atoms with Crippen molar-refractivity contribution < 1.29 is 4.42 Å². The normalized spacial score (nSPS) is 12.9. The van der Waals surface area contributed by atoms with Gasteiger partial charge < -0.3 is 19.7 Å². The van der Waals surface area contributed by atoms with Crippen molar-refractivity contribution in [2.24, 2.45) is 0 Å². The van der Waals surface area contributed by atoms with E-state index < -0.39 is 0 Å². The molecule has 5 heteroatoms. The topological polar surface area (TPSA) is 73.8 Å². The third kappa shape index (κ3) is 2.06. The molecular formula is C15H17N3O2. The van der Waals surface area contributed by atoms with Gasteiger partial charge in [-0.3, -0.25) is 0 Å². The van der Waals surface area contributed by atoms with E-state index in [9.17, 15) is 4.79 Å². The summed E-state index contributed by atoms with van der Waals surface area (Å²) in [5.41, 5.74) is 3.67. The average molecular weight is 271 g/mol. The zero-order valence-corrected chi connectivity index (χ0v) is 11.5. The minimum absolute atomic E-state index is 0.0477. The van der Waals surface area contributed by atoms with Crippen LogP contribution in [0.25, 0.3) is 11.0 Å². The number of nitrogens with one attached hydrogen (secondary N) is 3. The lowest BCUT2D eigenvalue weighted by Crippen LogP contribution is -2.18. The molecule has 0 saturated carbocycles. The lowest BCUT2D eigenvalue weighted by Gasteiger charge is -2.16. The molecule has 0 bridgehead atoms. The zero-order chi connectivity index (χ0) is 14.1. The van der Waals surface area contributed by atoms with Crippen molar-refractivity contribution >= 4 is 11.0 Å². The first-order valence-electron chi connectivity index (χ1n) is 6.68. The Morgan fingerprint density at radius 1 is 1.25 bits per heavy atom. The number of benzene rings is 1. The fraction of sp³-hybridized carbons (Fsp3) is 0.267. The molecule has 20 heavy (non-hydrogen) atoms. The SMILES string of the molecule is CCc1occc1C(NC)c1ccc2[nH]c(=O)[nH]c2c1. The van der Waals surface area contributed by atoms with Gasteiger partial charge >= 0.3 is 5.69 Å². The van der Waals surface area contributed by atoms with Gasteiger partial charge in [0, 0.05) is 12.0 Å². The van der Waals surface area contributed by atoms with E-state index in [0.717, 1.165) is 34.3 Å². The number of aryl methyl sites for hydroxylation is 1. The quantitative estimate of drug-likeness (QED) is 0.681. The Bertz CT molecular complexity index is 782. The van der Waals surface area contributed by atoms with E-state index in [1.807, 2.05) is 31.3 Å². The molecule has 0 fully saturated rings. The molecule has 0 aliphatic rings. The van der Waals surface area contributed by atoms with Crippen LogP contribution in [0.15, 0.2) is 39.7 Å². The van der Waals surface area contributed by atoms with Crippen molar-refractivity contribution in [3.63, 3.8) is 0 Å². The number of aromatic amines is 2. The van der Waals surface area contributed by atoms with Crippen molar-refractivity contribution in [3.05, 3.63) is 57.9 Å². The van der Waals surface area contributed by atoms with Crippen LogP contribution in [0.1, 0.15) is 29.9 Å². The maximum atomic E-state index is 11.3. The number of furan rings is 1. The molecule has 3 N–H and O–H groups in total. The van der Waals surface area contributed by atoms with E-state index >= 15 is 0 Å². The van der Waals surface area contributed by atoms with Crippen molar-refractivity contribution in [1.82, 2.24) is 15.3 Å². The molecule has 0 amide bonds. The predicted molar refractivity (Wildman–Crippen MR) is 77.9 cm³/mol. The highest BCUT2D eigenvalue weighted by molar-refractivity contribution is 5.75. The van der Waals surface area contributed by atoms with Crippen LogP contribution in [0.4, 0.5) is 0 Å². The molecule has 1 unspecified atom stereocenters. The van der Waals surface area contributed by atoms with Gasteiger partial charge in [-0.15, -0.1) is 0 Å². The zero-order valence-electron chi connectivity index (χ0n) is 11.5. The van der Waals surface area contributed by atoms with Gasteiger partial charge in [0.2, 0.25) is 0 Å². The largest absolute Gasteiger partial charge is 0.469 e. The van der Waals surface area contributed by atoms with Crippen LogP contribution in [0.5, 0.6) is 0 Å². The number of H-pyrrole nitrogens is 2. The first-order chi connectivity index (χ1) is 9.72. The molecule has 3 aromatic rings. The Labute approximate surface area is 116 Å². The molecule has 0 aliphatic heterocycles. The monoisotopic (exact) mass is 271 g/mol. The number of aromatic nitrogens is 2. The third-order valence-corrected chi connectivity index (χ3v) is 3.57. The second kappa shape index (κ2) is 5.02. The van der Waals surface area contributed by atoms with Crippen molar-refractivity contribution in [3.8, 4) is 0 Å². The fourth-order valence-corrected chi connectivity index (χ4v) is 2.63. The van der Waals surface area contributed by atoms with Gasteiger partial charge in [-0.1, -0.05) is 13.0 Å². The Morgan fingerprint density at radius 3 is 2.80 bits per heavy atom. The van der Waals surface area contributed by atoms with E-state index in [1.165, 1.54) is 0 Å². The summed E-state index contributed by atoms with van der Waals surface area (Å²) in [6, 6.07) is 7.95. The molecule has 5 nitrogen and oxygen atoms in total. The van der Waals surface area contributed by atoms with Crippen LogP contribution in [0.2, 0.25) is 0 Å². The van der Waals surface area contributed by atoms with Gasteiger partial charge in [0.05, 0.1) is 23.3 Å². The molecular weight excluding hydrogens is 254 g/mol. The van der Waals surface area contributed by atoms with Crippen molar-refractivity contribution in [1.29, 1.82) is 0 Å². The standard InChI is InChI=1S/C15H17N3O2/c1-3-13-10(6-7-20-13)14(16-2)9-4-5-11-12(8-9)18-15(19)17-11/h4-8,14,16H,3H2,1-2H3,(H2,17,18,19). The number of rotatable bonds is 4. The Kier molecular flexibility index (Phi) is 3.20. The molecule has 1 aromatic carbocycles. The molecule has 0 aliphatic carbocycles.